The number of aromatic nitrogens is 2. The predicted molar refractivity (Wildman–Crippen MR) is 98.9 cm³/mol. The Kier molecular flexibility index (Phi) is 5.18. The molecule has 3 heterocycles. The Labute approximate surface area is 170 Å². The van der Waals surface area contributed by atoms with Crippen LogP contribution in [-0.4, -0.2) is 36.0 Å². The van der Waals surface area contributed by atoms with Crippen molar-refractivity contribution in [1.82, 2.24) is 14.4 Å². The zero-order chi connectivity index (χ0) is 21.5. The van der Waals surface area contributed by atoms with Crippen LogP contribution in [0.4, 0.5) is 13.2 Å². The van der Waals surface area contributed by atoms with Crippen molar-refractivity contribution >= 4 is 10.0 Å². The molecule has 0 aliphatic carbocycles. The van der Waals surface area contributed by atoms with Crippen molar-refractivity contribution < 1.29 is 30.5 Å². The first-order valence-corrected chi connectivity index (χ1v) is 10.7. The molecule has 7 nitrogen and oxygen atoms in total. The van der Waals surface area contributed by atoms with Gasteiger partial charge in [0.25, 0.3) is 0 Å². The molecule has 160 valence electrons. The fourth-order valence-corrected chi connectivity index (χ4v) is 5.22. The number of halogens is 3. The van der Waals surface area contributed by atoms with Crippen molar-refractivity contribution in [2.24, 2.45) is 0 Å². The highest BCUT2D eigenvalue weighted by Crippen LogP contribution is 2.37. The molecule has 11 heteroatoms. The van der Waals surface area contributed by atoms with E-state index in [9.17, 15) is 21.6 Å². The zero-order valence-electron chi connectivity index (χ0n) is 15.9. The van der Waals surface area contributed by atoms with E-state index in [0.29, 0.717) is 24.4 Å². The number of aryl methyl sites for hydroxylation is 1. The van der Waals surface area contributed by atoms with Crippen molar-refractivity contribution in [1.29, 1.82) is 0 Å². The van der Waals surface area contributed by atoms with E-state index < -0.39 is 32.6 Å². The molecule has 1 aliphatic heterocycles. The lowest BCUT2D eigenvalue weighted by molar-refractivity contribution is -0.139. The average Bonchev–Trinajstić information content (AvgIpc) is 3.36. The van der Waals surface area contributed by atoms with Crippen molar-refractivity contribution in [2.45, 2.75) is 36.8 Å². The van der Waals surface area contributed by atoms with Crippen LogP contribution in [0.5, 0.6) is 0 Å². The van der Waals surface area contributed by atoms with Crippen LogP contribution in [0, 0.1) is 6.92 Å². The molecule has 3 aromatic rings. The van der Waals surface area contributed by atoms with Crippen LogP contribution in [0.3, 0.4) is 0 Å². The standard InChI is InChI=1S/C19H18F3N3O4S/c1-12-8-9-15(28-12)17-23-18(29-24-17)13-5-4-10-25(11-13)30(26,27)16-7-3-2-6-14(16)19(20,21)22/h2-3,6-9,13H,4-5,10-11H2,1H3/t13-/m0/s1. The number of furan rings is 1. The molecule has 0 amide bonds. The van der Waals surface area contributed by atoms with Gasteiger partial charge in [0.2, 0.25) is 21.7 Å². The van der Waals surface area contributed by atoms with Crippen molar-refractivity contribution in [3.8, 4) is 11.6 Å². The third-order valence-corrected chi connectivity index (χ3v) is 6.87. The Morgan fingerprint density at radius 3 is 2.63 bits per heavy atom. The lowest BCUT2D eigenvalue weighted by Crippen LogP contribution is -2.39. The zero-order valence-corrected chi connectivity index (χ0v) is 16.7. The summed E-state index contributed by atoms with van der Waals surface area (Å²) >= 11 is 0. The molecule has 2 aromatic heterocycles. The van der Waals surface area contributed by atoms with E-state index in [1.165, 1.54) is 6.07 Å². The summed E-state index contributed by atoms with van der Waals surface area (Å²) < 4.78 is 77.8. The van der Waals surface area contributed by atoms with Crippen LogP contribution in [0.15, 0.2) is 50.2 Å². The van der Waals surface area contributed by atoms with Gasteiger partial charge in [-0.1, -0.05) is 17.3 Å². The summed E-state index contributed by atoms with van der Waals surface area (Å²) in [6.07, 6.45) is -3.75. The Morgan fingerprint density at radius 2 is 1.93 bits per heavy atom. The van der Waals surface area contributed by atoms with E-state index in [1.54, 1.807) is 19.1 Å². The van der Waals surface area contributed by atoms with Gasteiger partial charge in [0.15, 0.2) is 5.76 Å². The number of nitrogens with zero attached hydrogens (tertiary/aromatic N) is 3. The molecule has 0 saturated carbocycles. The van der Waals surface area contributed by atoms with E-state index in [2.05, 4.69) is 10.1 Å². The van der Waals surface area contributed by atoms with Crippen LogP contribution in [0.2, 0.25) is 0 Å². The molecule has 1 aliphatic rings. The van der Waals surface area contributed by atoms with E-state index >= 15 is 0 Å². The Hall–Kier alpha value is -2.66. The quantitative estimate of drug-likeness (QED) is 0.602. The summed E-state index contributed by atoms with van der Waals surface area (Å²) in [5, 5.41) is 3.87. The molecule has 1 saturated heterocycles. The summed E-state index contributed by atoms with van der Waals surface area (Å²) in [4.78, 5) is 3.54. The van der Waals surface area contributed by atoms with Gasteiger partial charge in [0.05, 0.1) is 16.4 Å². The van der Waals surface area contributed by atoms with E-state index in [4.69, 9.17) is 8.94 Å². The van der Waals surface area contributed by atoms with Crippen LogP contribution in [-0.2, 0) is 16.2 Å². The van der Waals surface area contributed by atoms with Crippen molar-refractivity contribution in [3.63, 3.8) is 0 Å². The number of hydrogen-bond acceptors (Lipinski definition) is 6. The van der Waals surface area contributed by atoms with Crippen LogP contribution < -0.4 is 0 Å². The molecule has 0 unspecified atom stereocenters. The van der Waals surface area contributed by atoms with Crippen LogP contribution >= 0.6 is 0 Å². The number of rotatable bonds is 4. The number of piperidine rings is 1. The maximum atomic E-state index is 13.3. The molecular weight excluding hydrogens is 423 g/mol. The molecule has 0 bridgehead atoms. The highest BCUT2D eigenvalue weighted by atomic mass is 32.2. The third kappa shape index (κ3) is 3.86. The molecule has 1 fully saturated rings. The first kappa shape index (κ1) is 20.6. The lowest BCUT2D eigenvalue weighted by atomic mass is 10.00. The van der Waals surface area contributed by atoms with Crippen molar-refractivity contribution in [2.75, 3.05) is 13.1 Å². The summed E-state index contributed by atoms with van der Waals surface area (Å²) in [7, 11) is -4.35. The largest absolute Gasteiger partial charge is 0.458 e. The second-order valence-electron chi connectivity index (χ2n) is 7.06. The van der Waals surface area contributed by atoms with Gasteiger partial charge in [-0.3, -0.25) is 0 Å². The molecule has 0 N–H and O–H groups in total. The molecule has 4 rings (SSSR count). The van der Waals surface area contributed by atoms with Gasteiger partial charge in [-0.05, 0) is 44.0 Å². The minimum atomic E-state index is -4.78. The van der Waals surface area contributed by atoms with Crippen LogP contribution in [0.1, 0.15) is 36.0 Å². The van der Waals surface area contributed by atoms with Gasteiger partial charge in [0, 0.05) is 13.1 Å². The van der Waals surface area contributed by atoms with Crippen molar-refractivity contribution in [3.05, 3.63) is 53.6 Å². The Morgan fingerprint density at radius 1 is 1.17 bits per heavy atom. The highest BCUT2D eigenvalue weighted by molar-refractivity contribution is 7.89. The number of sulfonamides is 1. The minimum absolute atomic E-state index is 0.0483. The average molecular weight is 441 g/mol. The minimum Gasteiger partial charge on any atom is -0.458 e. The molecular formula is C19H18F3N3O4S. The first-order valence-electron chi connectivity index (χ1n) is 9.23. The second kappa shape index (κ2) is 7.55. The van der Waals surface area contributed by atoms with E-state index in [0.717, 1.165) is 22.5 Å². The van der Waals surface area contributed by atoms with Gasteiger partial charge in [-0.2, -0.15) is 22.5 Å². The maximum Gasteiger partial charge on any atom is 0.417 e. The van der Waals surface area contributed by atoms with Gasteiger partial charge in [-0.25, -0.2) is 8.42 Å². The Bertz CT molecular complexity index is 1150. The molecule has 1 aromatic carbocycles. The third-order valence-electron chi connectivity index (χ3n) is 4.95. The number of benzene rings is 1. The maximum absolute atomic E-state index is 13.3. The fraction of sp³-hybridized carbons (Fsp3) is 0.368. The van der Waals surface area contributed by atoms with Gasteiger partial charge in [0.1, 0.15) is 5.76 Å². The smallest absolute Gasteiger partial charge is 0.417 e. The molecule has 0 spiro atoms. The number of alkyl halides is 3. The lowest BCUT2D eigenvalue weighted by Gasteiger charge is -2.30. The van der Waals surface area contributed by atoms with E-state index in [1.807, 2.05) is 0 Å². The predicted octanol–water partition coefficient (Wildman–Crippen LogP) is 4.23. The summed E-state index contributed by atoms with van der Waals surface area (Å²) in [6.45, 7) is 1.84. The second-order valence-corrected chi connectivity index (χ2v) is 8.97. The first-order chi connectivity index (χ1) is 14.2. The van der Waals surface area contributed by atoms with Gasteiger partial charge >= 0.3 is 6.18 Å². The normalized spacial score (nSPS) is 18.6. The Balaban J connectivity index is 1.60. The fourth-order valence-electron chi connectivity index (χ4n) is 3.48. The van der Waals surface area contributed by atoms with Crippen LogP contribution in [0.25, 0.3) is 11.6 Å². The number of hydrogen-bond donors (Lipinski definition) is 0. The molecule has 1 atom stereocenters. The van der Waals surface area contributed by atoms with E-state index in [-0.39, 0.29) is 24.8 Å². The summed E-state index contributed by atoms with van der Waals surface area (Å²) in [5.74, 6) is 1.13. The summed E-state index contributed by atoms with van der Waals surface area (Å²) in [6, 6.07) is 7.63. The van der Waals surface area contributed by atoms with Gasteiger partial charge < -0.3 is 8.94 Å². The molecule has 0 radical (unpaired) electrons. The van der Waals surface area contributed by atoms with Gasteiger partial charge in [-0.15, -0.1) is 0 Å². The topological polar surface area (TPSA) is 89.4 Å². The monoisotopic (exact) mass is 441 g/mol. The molecule has 30 heavy (non-hydrogen) atoms. The SMILES string of the molecule is Cc1ccc(-c2noc([C@H]3CCCN(S(=O)(=O)c4ccccc4C(F)(F)F)C3)n2)o1. The highest BCUT2D eigenvalue weighted by Gasteiger charge is 2.40. The summed E-state index contributed by atoms with van der Waals surface area (Å²) in [5.41, 5.74) is -1.18.